The summed E-state index contributed by atoms with van der Waals surface area (Å²) < 4.78 is 22.4. The van der Waals surface area contributed by atoms with E-state index in [1.165, 1.54) is 0 Å². The predicted octanol–water partition coefficient (Wildman–Crippen LogP) is 4.22. The number of Topliss-reactive ketones (excluding diaryl/α,β-unsaturated/α-hetero) is 1. The molecule has 0 unspecified atom stereocenters. The average Bonchev–Trinajstić information content (AvgIpc) is 3.09. The van der Waals surface area contributed by atoms with Crippen LogP contribution in [0.25, 0.3) is 11.1 Å². The molecule has 6 heteroatoms. The van der Waals surface area contributed by atoms with Gasteiger partial charge in [-0.25, -0.2) is 0 Å². The average molecular weight is 410 g/mol. The molecule has 6 nitrogen and oxygen atoms in total. The molecule has 0 radical (unpaired) electrons. The van der Waals surface area contributed by atoms with Gasteiger partial charge in [0.05, 0.1) is 20.1 Å². The van der Waals surface area contributed by atoms with E-state index in [0.29, 0.717) is 23.7 Å². The van der Waals surface area contributed by atoms with Gasteiger partial charge in [0.1, 0.15) is 13.2 Å². The molecule has 1 saturated carbocycles. The second-order valence-corrected chi connectivity index (χ2v) is 7.62. The van der Waals surface area contributed by atoms with Gasteiger partial charge in [0.25, 0.3) is 0 Å². The fourth-order valence-corrected chi connectivity index (χ4v) is 3.94. The summed E-state index contributed by atoms with van der Waals surface area (Å²) in [6.07, 6.45) is 4.22. The summed E-state index contributed by atoms with van der Waals surface area (Å²) in [6.45, 7) is 0.381. The Labute approximate surface area is 176 Å². The van der Waals surface area contributed by atoms with E-state index in [1.807, 2.05) is 30.3 Å². The first-order chi connectivity index (χ1) is 14.6. The van der Waals surface area contributed by atoms with Crippen LogP contribution < -0.4 is 14.2 Å². The van der Waals surface area contributed by atoms with Crippen LogP contribution in [0.15, 0.2) is 30.3 Å². The number of aryl methyl sites for hydroxylation is 1. The highest BCUT2D eigenvalue weighted by atomic mass is 16.6. The first-order valence-corrected chi connectivity index (χ1v) is 10.3. The third-order valence-corrected chi connectivity index (χ3v) is 5.85. The molecule has 0 atom stereocenters. The molecular formula is C24H26O6. The highest BCUT2D eigenvalue weighted by Gasteiger charge is 2.27. The van der Waals surface area contributed by atoms with Crippen molar-refractivity contribution in [2.24, 2.45) is 5.92 Å². The lowest BCUT2D eigenvalue weighted by molar-refractivity contribution is -0.152. The van der Waals surface area contributed by atoms with Crippen LogP contribution in [0.4, 0.5) is 0 Å². The van der Waals surface area contributed by atoms with Crippen LogP contribution in [0.3, 0.4) is 0 Å². The number of hydrogen-bond acceptors (Lipinski definition) is 6. The maximum atomic E-state index is 12.0. The minimum absolute atomic E-state index is 0.0426. The largest absolute Gasteiger partial charge is 0.493 e. The summed E-state index contributed by atoms with van der Waals surface area (Å²) in [5.41, 5.74) is 3.61. The molecule has 2 aromatic rings. The molecule has 1 fully saturated rings. The van der Waals surface area contributed by atoms with Gasteiger partial charge >= 0.3 is 5.97 Å². The van der Waals surface area contributed by atoms with E-state index >= 15 is 0 Å². The van der Waals surface area contributed by atoms with E-state index in [0.717, 1.165) is 47.9 Å². The van der Waals surface area contributed by atoms with Crippen LogP contribution >= 0.6 is 0 Å². The van der Waals surface area contributed by atoms with Crippen molar-refractivity contribution in [2.75, 3.05) is 27.4 Å². The standard InChI is InChI=1S/C24H26O6/c1-27-21-11-9-19(17-6-8-18-16(14-17)7-10-20(18)25)22(23(21)28-2)29-12-13-30-24(26)15-4-3-5-15/h6,8-9,11,14-15H,3-5,7,10,12-13H2,1-2H3. The molecule has 0 heterocycles. The number of fused-ring (bicyclic) bond motifs is 1. The van der Waals surface area contributed by atoms with Crippen LogP contribution in [0.1, 0.15) is 41.6 Å². The monoisotopic (exact) mass is 410 g/mol. The Balaban J connectivity index is 1.57. The zero-order valence-corrected chi connectivity index (χ0v) is 17.4. The lowest BCUT2D eigenvalue weighted by Gasteiger charge is -2.23. The van der Waals surface area contributed by atoms with Crippen LogP contribution in [0.2, 0.25) is 0 Å². The van der Waals surface area contributed by atoms with E-state index in [-0.39, 0.29) is 30.9 Å². The van der Waals surface area contributed by atoms with Gasteiger partial charge in [0.2, 0.25) is 5.75 Å². The predicted molar refractivity (Wildman–Crippen MR) is 111 cm³/mol. The van der Waals surface area contributed by atoms with Crippen LogP contribution in [-0.2, 0) is 16.0 Å². The lowest BCUT2D eigenvalue weighted by atomic mass is 9.86. The van der Waals surface area contributed by atoms with Gasteiger partial charge < -0.3 is 18.9 Å². The van der Waals surface area contributed by atoms with Gasteiger partial charge in [-0.1, -0.05) is 24.6 Å². The molecule has 2 aromatic carbocycles. The zero-order chi connectivity index (χ0) is 21.1. The maximum absolute atomic E-state index is 12.0. The number of methoxy groups -OCH3 is 2. The number of esters is 1. The normalized spacial score (nSPS) is 15.3. The molecule has 2 aliphatic rings. The topological polar surface area (TPSA) is 71.1 Å². The summed E-state index contributed by atoms with van der Waals surface area (Å²) in [6, 6.07) is 9.57. The Hall–Kier alpha value is -3.02. The van der Waals surface area contributed by atoms with Crippen molar-refractivity contribution in [1.29, 1.82) is 0 Å². The number of rotatable bonds is 8. The Morgan fingerprint density at radius 1 is 0.967 bits per heavy atom. The summed E-state index contributed by atoms with van der Waals surface area (Å²) in [4.78, 5) is 23.9. The molecule has 158 valence electrons. The SMILES string of the molecule is COc1ccc(-c2ccc3c(c2)CCC3=O)c(OCCOC(=O)C2CCC2)c1OC. The molecule has 0 spiro atoms. The summed E-state index contributed by atoms with van der Waals surface area (Å²) in [7, 11) is 3.13. The Morgan fingerprint density at radius 2 is 1.77 bits per heavy atom. The quantitative estimate of drug-likeness (QED) is 0.479. The van der Waals surface area contributed by atoms with Crippen LogP contribution in [0.5, 0.6) is 17.2 Å². The van der Waals surface area contributed by atoms with E-state index in [4.69, 9.17) is 18.9 Å². The summed E-state index contributed by atoms with van der Waals surface area (Å²) in [5, 5.41) is 0. The van der Waals surface area contributed by atoms with Crippen molar-refractivity contribution >= 4 is 11.8 Å². The van der Waals surface area contributed by atoms with Gasteiger partial charge in [-0.3, -0.25) is 9.59 Å². The Kier molecular flexibility index (Phi) is 5.93. The minimum atomic E-state index is -0.147. The highest BCUT2D eigenvalue weighted by molar-refractivity contribution is 6.01. The van der Waals surface area contributed by atoms with E-state index in [2.05, 4.69) is 0 Å². The zero-order valence-electron chi connectivity index (χ0n) is 17.4. The molecule has 4 rings (SSSR count). The number of hydrogen-bond donors (Lipinski definition) is 0. The number of carbonyl (C=O) groups is 2. The molecule has 0 aromatic heterocycles. The van der Waals surface area contributed by atoms with Crippen molar-refractivity contribution in [1.82, 2.24) is 0 Å². The first-order valence-electron chi connectivity index (χ1n) is 10.3. The van der Waals surface area contributed by atoms with Crippen LogP contribution in [-0.4, -0.2) is 39.2 Å². The van der Waals surface area contributed by atoms with E-state index in [1.54, 1.807) is 14.2 Å². The second kappa shape index (κ2) is 8.78. The van der Waals surface area contributed by atoms with Crippen LogP contribution in [0, 0.1) is 5.92 Å². The van der Waals surface area contributed by atoms with Gasteiger partial charge in [0, 0.05) is 17.5 Å². The van der Waals surface area contributed by atoms with Crippen molar-refractivity contribution in [3.05, 3.63) is 41.5 Å². The van der Waals surface area contributed by atoms with Crippen molar-refractivity contribution in [2.45, 2.75) is 32.1 Å². The molecule has 0 saturated heterocycles. The molecule has 0 bridgehead atoms. The number of benzene rings is 2. The minimum Gasteiger partial charge on any atom is -0.493 e. The number of ketones is 1. The number of ether oxygens (including phenoxy) is 4. The van der Waals surface area contributed by atoms with E-state index < -0.39 is 0 Å². The molecule has 0 N–H and O–H groups in total. The molecule has 2 aliphatic carbocycles. The van der Waals surface area contributed by atoms with Crippen molar-refractivity contribution < 1.29 is 28.5 Å². The summed E-state index contributed by atoms with van der Waals surface area (Å²) >= 11 is 0. The summed E-state index contributed by atoms with van der Waals surface area (Å²) in [5.74, 6) is 1.65. The van der Waals surface area contributed by atoms with Gasteiger partial charge in [-0.05, 0) is 42.5 Å². The van der Waals surface area contributed by atoms with Gasteiger partial charge in [0.15, 0.2) is 17.3 Å². The van der Waals surface area contributed by atoms with Crippen molar-refractivity contribution in [3.8, 4) is 28.4 Å². The van der Waals surface area contributed by atoms with E-state index in [9.17, 15) is 9.59 Å². The maximum Gasteiger partial charge on any atom is 0.309 e. The molecular weight excluding hydrogens is 384 g/mol. The third-order valence-electron chi connectivity index (χ3n) is 5.85. The molecule has 0 amide bonds. The number of carbonyl (C=O) groups excluding carboxylic acids is 2. The highest BCUT2D eigenvalue weighted by Crippen LogP contribution is 2.45. The fraction of sp³-hybridized carbons (Fsp3) is 0.417. The first kappa shape index (κ1) is 20.3. The van der Waals surface area contributed by atoms with Crippen molar-refractivity contribution in [3.63, 3.8) is 0 Å². The van der Waals surface area contributed by atoms with Gasteiger partial charge in [-0.2, -0.15) is 0 Å². The fourth-order valence-electron chi connectivity index (χ4n) is 3.94. The Bertz CT molecular complexity index is 960. The van der Waals surface area contributed by atoms with Gasteiger partial charge in [-0.15, -0.1) is 0 Å². The third kappa shape index (κ3) is 3.86. The molecule has 0 aliphatic heterocycles. The molecule has 30 heavy (non-hydrogen) atoms. The lowest BCUT2D eigenvalue weighted by Crippen LogP contribution is -2.25. The Morgan fingerprint density at radius 3 is 2.47 bits per heavy atom. The second-order valence-electron chi connectivity index (χ2n) is 7.62. The smallest absolute Gasteiger partial charge is 0.309 e.